The molecular formula is C12H21N2O2+. The van der Waals surface area contributed by atoms with Crippen LogP contribution in [0.25, 0.3) is 0 Å². The fourth-order valence-corrected chi connectivity index (χ4v) is 1.39. The Kier molecular flexibility index (Phi) is 7.41. The first-order valence-electron chi connectivity index (χ1n) is 5.07. The SMILES string of the molecule is C=CCN(CC=C)[NH+](C(O)C=C)C(O)C=C. The minimum absolute atomic E-state index is 0.435. The Hall–Kier alpha value is -1.20. The lowest BCUT2D eigenvalue weighted by atomic mass is 10.4. The van der Waals surface area contributed by atoms with Crippen molar-refractivity contribution in [1.82, 2.24) is 5.01 Å². The highest BCUT2D eigenvalue weighted by Crippen LogP contribution is 1.86. The molecule has 0 fully saturated rings. The van der Waals surface area contributed by atoms with Crippen molar-refractivity contribution in [3.8, 4) is 0 Å². The van der Waals surface area contributed by atoms with Gasteiger partial charge in [-0.2, -0.15) is 5.01 Å². The van der Waals surface area contributed by atoms with Crippen LogP contribution in [0.2, 0.25) is 0 Å². The summed E-state index contributed by atoms with van der Waals surface area (Å²) in [5.41, 5.74) is 0. The Balaban J connectivity index is 4.91. The molecule has 0 rings (SSSR count). The summed E-state index contributed by atoms with van der Waals surface area (Å²) < 4.78 is 0. The average molecular weight is 225 g/mol. The molecule has 2 unspecified atom stereocenters. The summed E-state index contributed by atoms with van der Waals surface area (Å²) in [5, 5.41) is 21.8. The number of nitrogens with zero attached hydrogens (tertiary/aromatic N) is 1. The van der Waals surface area contributed by atoms with Crippen molar-refractivity contribution in [2.75, 3.05) is 13.1 Å². The molecule has 0 aliphatic heterocycles. The lowest BCUT2D eigenvalue weighted by molar-refractivity contribution is -1.08. The Labute approximate surface area is 97.1 Å². The van der Waals surface area contributed by atoms with Crippen LogP contribution < -0.4 is 5.01 Å². The van der Waals surface area contributed by atoms with Gasteiger partial charge in [0, 0.05) is 0 Å². The van der Waals surface area contributed by atoms with E-state index in [1.54, 1.807) is 17.2 Å². The van der Waals surface area contributed by atoms with Gasteiger partial charge in [-0.25, -0.2) is 0 Å². The van der Waals surface area contributed by atoms with Gasteiger partial charge < -0.3 is 10.2 Å². The number of rotatable bonds is 9. The van der Waals surface area contributed by atoms with Crippen molar-refractivity contribution in [2.45, 2.75) is 12.5 Å². The van der Waals surface area contributed by atoms with E-state index in [1.165, 1.54) is 12.2 Å². The lowest BCUT2D eigenvalue weighted by Crippen LogP contribution is -3.24. The zero-order valence-corrected chi connectivity index (χ0v) is 9.55. The largest absolute Gasteiger partial charge is 0.340 e. The molecule has 0 saturated heterocycles. The number of hydrogen-bond donors (Lipinski definition) is 3. The van der Waals surface area contributed by atoms with E-state index < -0.39 is 12.5 Å². The molecule has 4 heteroatoms. The van der Waals surface area contributed by atoms with Crippen LogP contribution >= 0.6 is 0 Å². The van der Waals surface area contributed by atoms with Crippen LogP contribution in [-0.4, -0.2) is 40.8 Å². The third kappa shape index (κ3) is 4.12. The maximum atomic E-state index is 9.77. The second kappa shape index (κ2) is 8.01. The molecule has 2 atom stereocenters. The van der Waals surface area contributed by atoms with Crippen LogP contribution in [0.5, 0.6) is 0 Å². The van der Waals surface area contributed by atoms with Gasteiger partial charge in [-0.3, -0.25) is 0 Å². The first kappa shape index (κ1) is 14.8. The van der Waals surface area contributed by atoms with Crippen molar-refractivity contribution in [2.24, 2.45) is 0 Å². The predicted molar refractivity (Wildman–Crippen MR) is 65.3 cm³/mol. The molecule has 16 heavy (non-hydrogen) atoms. The number of aliphatic hydroxyl groups excluding tert-OH is 2. The standard InChI is InChI=1S/C12H20N2O2/c1-5-9-13(10-6-2)14(11(15)7-3)12(16)8-4/h5-8,11-12,15-16H,1-4,9-10H2/p+1. The number of aliphatic hydroxyl groups is 2. The van der Waals surface area contributed by atoms with Crippen molar-refractivity contribution in [3.63, 3.8) is 0 Å². The number of nitrogens with one attached hydrogen (secondary N) is 1. The van der Waals surface area contributed by atoms with Crippen LogP contribution in [0, 0.1) is 0 Å². The van der Waals surface area contributed by atoms with Crippen molar-refractivity contribution in [1.29, 1.82) is 0 Å². The van der Waals surface area contributed by atoms with Crippen LogP contribution in [0.1, 0.15) is 0 Å². The summed E-state index contributed by atoms with van der Waals surface area (Å²) in [7, 11) is 0. The number of hydrogen-bond acceptors (Lipinski definition) is 3. The molecular weight excluding hydrogens is 204 g/mol. The summed E-state index contributed by atoms with van der Waals surface area (Å²) in [6.45, 7) is 15.3. The molecule has 90 valence electrons. The first-order chi connectivity index (χ1) is 7.62. The normalized spacial score (nSPS) is 16.2. The van der Waals surface area contributed by atoms with E-state index in [2.05, 4.69) is 26.3 Å². The Morgan fingerprint density at radius 1 is 0.938 bits per heavy atom. The van der Waals surface area contributed by atoms with E-state index in [4.69, 9.17) is 0 Å². The van der Waals surface area contributed by atoms with Gasteiger partial charge in [0.15, 0.2) is 0 Å². The van der Waals surface area contributed by atoms with Crippen LogP contribution in [-0.2, 0) is 0 Å². The van der Waals surface area contributed by atoms with Crippen molar-refractivity contribution < 1.29 is 15.2 Å². The Bertz CT molecular complexity index is 229. The van der Waals surface area contributed by atoms with Crippen molar-refractivity contribution in [3.05, 3.63) is 50.6 Å². The molecule has 3 N–H and O–H groups in total. The molecule has 0 amide bonds. The predicted octanol–water partition coefficient (Wildman–Crippen LogP) is -0.531. The quantitative estimate of drug-likeness (QED) is 0.281. The minimum atomic E-state index is -0.909. The van der Waals surface area contributed by atoms with Gasteiger partial charge in [0.25, 0.3) is 0 Å². The Morgan fingerprint density at radius 2 is 1.31 bits per heavy atom. The average Bonchev–Trinajstić information content (AvgIpc) is 2.29. The van der Waals surface area contributed by atoms with Gasteiger partial charge in [0.2, 0.25) is 12.5 Å². The van der Waals surface area contributed by atoms with Gasteiger partial charge in [-0.05, 0) is 12.2 Å². The first-order valence-corrected chi connectivity index (χ1v) is 5.07. The van der Waals surface area contributed by atoms with E-state index >= 15 is 0 Å². The monoisotopic (exact) mass is 225 g/mol. The van der Waals surface area contributed by atoms with Crippen LogP contribution in [0.15, 0.2) is 50.6 Å². The van der Waals surface area contributed by atoms with Crippen molar-refractivity contribution >= 4 is 0 Å². The summed E-state index contributed by atoms with van der Waals surface area (Å²) in [4.78, 5) is 0. The second-order valence-corrected chi connectivity index (χ2v) is 3.27. The zero-order valence-electron chi connectivity index (χ0n) is 9.55. The zero-order chi connectivity index (χ0) is 12.6. The van der Waals surface area contributed by atoms with E-state index in [1.807, 2.05) is 0 Å². The minimum Gasteiger partial charge on any atom is -0.340 e. The maximum Gasteiger partial charge on any atom is 0.228 e. The fraction of sp³-hybridized carbons (Fsp3) is 0.333. The summed E-state index contributed by atoms with van der Waals surface area (Å²) >= 11 is 0. The molecule has 0 aromatic rings. The highest BCUT2D eigenvalue weighted by Gasteiger charge is 2.28. The molecule has 0 saturated carbocycles. The van der Waals surface area contributed by atoms with E-state index in [9.17, 15) is 10.2 Å². The van der Waals surface area contributed by atoms with Crippen LogP contribution in [0.4, 0.5) is 0 Å². The molecule has 0 aromatic carbocycles. The van der Waals surface area contributed by atoms with Gasteiger partial charge in [-0.1, -0.05) is 25.3 Å². The molecule has 0 bridgehead atoms. The second-order valence-electron chi connectivity index (χ2n) is 3.27. The smallest absolute Gasteiger partial charge is 0.228 e. The molecule has 0 aliphatic rings. The molecule has 0 heterocycles. The molecule has 0 aliphatic carbocycles. The third-order valence-corrected chi connectivity index (χ3v) is 2.12. The summed E-state index contributed by atoms with van der Waals surface area (Å²) in [6.07, 6.45) is 4.29. The molecule has 0 aromatic heterocycles. The van der Waals surface area contributed by atoms with Crippen LogP contribution in [0.3, 0.4) is 0 Å². The van der Waals surface area contributed by atoms with Gasteiger partial charge in [0.05, 0.1) is 13.1 Å². The van der Waals surface area contributed by atoms with E-state index in [0.29, 0.717) is 18.1 Å². The third-order valence-electron chi connectivity index (χ3n) is 2.12. The van der Waals surface area contributed by atoms with Gasteiger partial charge in [0.1, 0.15) is 0 Å². The summed E-state index contributed by atoms with van der Waals surface area (Å²) in [6, 6.07) is 0. The van der Waals surface area contributed by atoms with Gasteiger partial charge in [-0.15, -0.1) is 18.2 Å². The summed E-state index contributed by atoms with van der Waals surface area (Å²) in [5.74, 6) is 0. The Morgan fingerprint density at radius 3 is 1.56 bits per heavy atom. The topological polar surface area (TPSA) is 48.1 Å². The van der Waals surface area contributed by atoms with Gasteiger partial charge >= 0.3 is 0 Å². The lowest BCUT2D eigenvalue weighted by Gasteiger charge is -2.33. The highest BCUT2D eigenvalue weighted by atomic mass is 16.3. The number of quaternary nitrogens is 1. The highest BCUT2D eigenvalue weighted by molar-refractivity contribution is 4.79. The molecule has 4 nitrogen and oxygen atoms in total. The molecule has 0 radical (unpaired) electrons. The van der Waals surface area contributed by atoms with E-state index in [-0.39, 0.29) is 0 Å². The maximum absolute atomic E-state index is 9.77. The fourth-order valence-electron chi connectivity index (χ4n) is 1.39. The van der Waals surface area contributed by atoms with E-state index in [0.717, 1.165) is 0 Å². The molecule has 0 spiro atoms.